The van der Waals surface area contributed by atoms with Gasteiger partial charge in [0, 0.05) is 12.7 Å². The van der Waals surface area contributed by atoms with Crippen LogP contribution in [0, 0.1) is 0 Å². The third kappa shape index (κ3) is 3.69. The zero-order valence-corrected chi connectivity index (χ0v) is 16.7. The Kier molecular flexibility index (Phi) is 5.38. The summed E-state index contributed by atoms with van der Waals surface area (Å²) < 4.78 is 13.1. The Balaban J connectivity index is 1.75. The fraction of sp³-hybridized carbons (Fsp3) is 0.389. The second-order valence-corrected chi connectivity index (χ2v) is 7.36. The number of fused-ring (bicyclic) bond motifs is 1. The minimum absolute atomic E-state index is 0.0363. The lowest BCUT2D eigenvalue weighted by Crippen LogP contribution is -2.17. The van der Waals surface area contributed by atoms with Gasteiger partial charge in [-0.15, -0.1) is 0 Å². The van der Waals surface area contributed by atoms with Crippen LogP contribution in [-0.4, -0.2) is 39.5 Å². The molecule has 1 saturated heterocycles. The Hall–Kier alpha value is -2.03. The fourth-order valence-electron chi connectivity index (χ4n) is 3.08. The number of nitrogens with one attached hydrogen (secondary N) is 1. The van der Waals surface area contributed by atoms with Crippen molar-refractivity contribution in [2.75, 3.05) is 25.3 Å². The van der Waals surface area contributed by atoms with E-state index in [0.717, 1.165) is 37.2 Å². The molecule has 0 saturated carbocycles. The van der Waals surface area contributed by atoms with Gasteiger partial charge < -0.3 is 14.8 Å². The van der Waals surface area contributed by atoms with Crippen LogP contribution in [0.3, 0.4) is 0 Å². The standard InChI is InChI=1S/C18H20ClN5O2S/c1-25-11-6-7-13(12(19)9-11)21-16-15-17(23-18(22-16)27-2)24(10-20-15)14-5-3-4-8-26-14/h6-7,9-10,14H,3-5,8H2,1-2H3,(H,21,22,23). The largest absolute Gasteiger partial charge is 0.497 e. The highest BCUT2D eigenvalue weighted by molar-refractivity contribution is 7.98. The van der Waals surface area contributed by atoms with E-state index in [1.54, 1.807) is 19.5 Å². The number of aromatic nitrogens is 4. The average molecular weight is 406 g/mol. The van der Waals surface area contributed by atoms with E-state index in [9.17, 15) is 0 Å². The molecule has 1 aliphatic rings. The maximum absolute atomic E-state index is 6.37. The number of benzene rings is 1. The first-order chi connectivity index (χ1) is 13.2. The van der Waals surface area contributed by atoms with Crippen LogP contribution >= 0.6 is 23.4 Å². The van der Waals surface area contributed by atoms with Gasteiger partial charge in [-0.3, -0.25) is 4.57 Å². The lowest BCUT2D eigenvalue weighted by Gasteiger charge is -2.23. The van der Waals surface area contributed by atoms with Crippen molar-refractivity contribution < 1.29 is 9.47 Å². The van der Waals surface area contributed by atoms with Crippen molar-refractivity contribution in [1.29, 1.82) is 0 Å². The first kappa shape index (κ1) is 18.3. The molecule has 0 radical (unpaired) electrons. The summed E-state index contributed by atoms with van der Waals surface area (Å²) >= 11 is 7.85. The Morgan fingerprint density at radius 1 is 1.33 bits per heavy atom. The molecule has 1 aliphatic heterocycles. The second-order valence-electron chi connectivity index (χ2n) is 6.17. The van der Waals surface area contributed by atoms with Gasteiger partial charge in [0.1, 0.15) is 12.0 Å². The minimum atomic E-state index is -0.0363. The average Bonchev–Trinajstić information content (AvgIpc) is 3.14. The van der Waals surface area contributed by atoms with E-state index in [-0.39, 0.29) is 6.23 Å². The molecule has 1 unspecified atom stereocenters. The van der Waals surface area contributed by atoms with Crippen molar-refractivity contribution in [1.82, 2.24) is 19.5 Å². The number of ether oxygens (including phenoxy) is 2. The summed E-state index contributed by atoms with van der Waals surface area (Å²) in [6, 6.07) is 5.46. The Morgan fingerprint density at radius 2 is 2.22 bits per heavy atom. The zero-order valence-electron chi connectivity index (χ0n) is 15.1. The first-order valence-electron chi connectivity index (χ1n) is 8.70. The van der Waals surface area contributed by atoms with Gasteiger partial charge in [-0.25, -0.2) is 15.0 Å². The molecule has 4 rings (SSSR count). The quantitative estimate of drug-likeness (QED) is 0.489. The number of rotatable bonds is 5. The van der Waals surface area contributed by atoms with Crippen LogP contribution in [0.1, 0.15) is 25.5 Å². The molecule has 1 fully saturated rings. The van der Waals surface area contributed by atoms with E-state index in [2.05, 4.69) is 20.3 Å². The van der Waals surface area contributed by atoms with E-state index >= 15 is 0 Å². The predicted molar refractivity (Wildman–Crippen MR) is 107 cm³/mol. The molecule has 3 aromatic rings. The van der Waals surface area contributed by atoms with Crippen molar-refractivity contribution >= 4 is 46.0 Å². The molecule has 7 nitrogen and oxygen atoms in total. The van der Waals surface area contributed by atoms with Gasteiger partial charge in [0.15, 0.2) is 22.1 Å². The van der Waals surface area contributed by atoms with E-state index in [1.165, 1.54) is 11.8 Å². The van der Waals surface area contributed by atoms with Crippen molar-refractivity contribution in [2.24, 2.45) is 0 Å². The second kappa shape index (κ2) is 7.92. The van der Waals surface area contributed by atoms with Crippen LogP contribution in [0.25, 0.3) is 11.2 Å². The van der Waals surface area contributed by atoms with E-state index in [0.29, 0.717) is 27.3 Å². The highest BCUT2D eigenvalue weighted by atomic mass is 35.5. The molecule has 3 heterocycles. The molecule has 1 atom stereocenters. The number of halogens is 1. The van der Waals surface area contributed by atoms with Crippen molar-refractivity contribution in [3.05, 3.63) is 29.5 Å². The van der Waals surface area contributed by atoms with E-state index in [1.807, 2.05) is 23.0 Å². The van der Waals surface area contributed by atoms with Gasteiger partial charge in [-0.2, -0.15) is 0 Å². The van der Waals surface area contributed by atoms with Crippen LogP contribution in [-0.2, 0) is 4.74 Å². The molecule has 0 amide bonds. The number of nitrogens with zero attached hydrogens (tertiary/aromatic N) is 4. The summed E-state index contributed by atoms with van der Waals surface area (Å²) in [7, 11) is 1.61. The van der Waals surface area contributed by atoms with Gasteiger partial charge in [-0.05, 0) is 37.7 Å². The number of hydrogen-bond acceptors (Lipinski definition) is 7. The number of imidazole rings is 1. The van der Waals surface area contributed by atoms with Gasteiger partial charge in [0.05, 0.1) is 24.1 Å². The SMILES string of the molecule is COc1ccc(Nc2nc(SC)nc3c2ncn3C2CCCCO2)c(Cl)c1. The molecular weight excluding hydrogens is 386 g/mol. The summed E-state index contributed by atoms with van der Waals surface area (Å²) in [5, 5.41) is 4.49. The molecule has 0 bridgehead atoms. The Morgan fingerprint density at radius 3 is 2.93 bits per heavy atom. The van der Waals surface area contributed by atoms with E-state index < -0.39 is 0 Å². The summed E-state index contributed by atoms with van der Waals surface area (Å²) in [4.78, 5) is 13.8. The zero-order chi connectivity index (χ0) is 18.8. The highest BCUT2D eigenvalue weighted by Gasteiger charge is 2.21. The number of anilines is 2. The first-order valence-corrected chi connectivity index (χ1v) is 10.3. The van der Waals surface area contributed by atoms with Crippen LogP contribution in [0.4, 0.5) is 11.5 Å². The molecular formula is C18H20ClN5O2S. The molecule has 27 heavy (non-hydrogen) atoms. The van der Waals surface area contributed by atoms with Crippen LogP contribution in [0.2, 0.25) is 5.02 Å². The molecule has 2 aromatic heterocycles. The summed E-state index contributed by atoms with van der Waals surface area (Å²) in [5.74, 6) is 1.31. The summed E-state index contributed by atoms with van der Waals surface area (Å²) in [6.45, 7) is 0.761. The maximum atomic E-state index is 6.37. The van der Waals surface area contributed by atoms with Crippen LogP contribution in [0.15, 0.2) is 29.7 Å². The van der Waals surface area contributed by atoms with Gasteiger partial charge in [-0.1, -0.05) is 23.4 Å². The van der Waals surface area contributed by atoms with Gasteiger partial charge in [0.2, 0.25) is 0 Å². The highest BCUT2D eigenvalue weighted by Crippen LogP contribution is 2.33. The molecule has 1 aromatic carbocycles. The normalized spacial score (nSPS) is 17.2. The van der Waals surface area contributed by atoms with Gasteiger partial charge >= 0.3 is 0 Å². The minimum Gasteiger partial charge on any atom is -0.497 e. The monoisotopic (exact) mass is 405 g/mol. The molecule has 0 spiro atoms. The summed E-state index contributed by atoms with van der Waals surface area (Å²) in [6.07, 6.45) is 6.88. The third-order valence-corrected chi connectivity index (χ3v) is 5.34. The predicted octanol–water partition coefficient (Wildman–Crippen LogP) is 4.65. The van der Waals surface area contributed by atoms with Crippen molar-refractivity contribution in [2.45, 2.75) is 30.6 Å². The number of thioether (sulfide) groups is 1. The van der Waals surface area contributed by atoms with Crippen LogP contribution < -0.4 is 10.1 Å². The van der Waals surface area contributed by atoms with Gasteiger partial charge in [0.25, 0.3) is 0 Å². The molecule has 9 heteroatoms. The third-order valence-electron chi connectivity index (χ3n) is 4.48. The lowest BCUT2D eigenvalue weighted by molar-refractivity contribution is -0.0298. The number of methoxy groups -OCH3 is 1. The van der Waals surface area contributed by atoms with Crippen molar-refractivity contribution in [3.63, 3.8) is 0 Å². The molecule has 1 N–H and O–H groups in total. The van der Waals surface area contributed by atoms with Crippen LogP contribution in [0.5, 0.6) is 5.75 Å². The smallest absolute Gasteiger partial charge is 0.191 e. The Bertz CT molecular complexity index is 958. The van der Waals surface area contributed by atoms with Crippen molar-refractivity contribution in [3.8, 4) is 5.75 Å². The molecule has 0 aliphatic carbocycles. The van der Waals surface area contributed by atoms with E-state index in [4.69, 9.17) is 21.1 Å². The Labute approximate surface area is 166 Å². The molecule has 142 valence electrons. The summed E-state index contributed by atoms with van der Waals surface area (Å²) in [5.41, 5.74) is 2.18. The lowest BCUT2D eigenvalue weighted by atomic mass is 10.2. The number of hydrogen-bond donors (Lipinski definition) is 1. The maximum Gasteiger partial charge on any atom is 0.191 e. The topological polar surface area (TPSA) is 74.1 Å². The fourth-order valence-corrected chi connectivity index (χ4v) is 3.66.